The average Bonchev–Trinajstić information content (AvgIpc) is 2.52. The van der Waals surface area contributed by atoms with Crippen molar-refractivity contribution in [2.75, 3.05) is 6.54 Å². The summed E-state index contributed by atoms with van der Waals surface area (Å²) in [7, 11) is 0. The zero-order valence-corrected chi connectivity index (χ0v) is 15.7. The van der Waals surface area contributed by atoms with Crippen molar-refractivity contribution in [3.05, 3.63) is 34.3 Å². The molecule has 0 spiro atoms. The van der Waals surface area contributed by atoms with Crippen molar-refractivity contribution in [2.24, 2.45) is 0 Å². The molecule has 0 aliphatic rings. The van der Waals surface area contributed by atoms with Gasteiger partial charge in [0, 0.05) is 16.1 Å². The molecule has 1 aromatic rings. The average molecular weight is 414 g/mol. The van der Waals surface area contributed by atoms with E-state index in [-0.39, 0.29) is 6.04 Å². The molecule has 0 heterocycles. The first-order valence-corrected chi connectivity index (χ1v) is 8.33. The van der Waals surface area contributed by atoms with Crippen molar-refractivity contribution < 1.29 is 23.9 Å². The number of carbonyl (C=O) groups excluding carboxylic acids is 4. The zero-order chi connectivity index (χ0) is 19.0. The van der Waals surface area contributed by atoms with Crippen LogP contribution in [0, 0.1) is 0 Å². The maximum atomic E-state index is 11.9. The number of urea groups is 1. The van der Waals surface area contributed by atoms with Gasteiger partial charge in [-0.3, -0.25) is 19.7 Å². The second-order valence-electron chi connectivity index (χ2n) is 5.44. The number of carbonyl (C=O) groups is 4. The van der Waals surface area contributed by atoms with Crippen molar-refractivity contribution >= 4 is 39.7 Å². The first kappa shape index (κ1) is 20.6. The van der Waals surface area contributed by atoms with Crippen LogP contribution in [0.5, 0.6) is 0 Å². The van der Waals surface area contributed by atoms with Crippen molar-refractivity contribution in [3.8, 4) is 0 Å². The van der Waals surface area contributed by atoms with Gasteiger partial charge in [0.05, 0.1) is 0 Å². The minimum atomic E-state index is -1.17. The van der Waals surface area contributed by atoms with Gasteiger partial charge in [0.25, 0.3) is 11.8 Å². The highest BCUT2D eigenvalue weighted by Gasteiger charge is 2.20. The summed E-state index contributed by atoms with van der Waals surface area (Å²) in [4.78, 5) is 46.7. The highest BCUT2D eigenvalue weighted by atomic mass is 79.9. The molecule has 1 atom stereocenters. The zero-order valence-electron chi connectivity index (χ0n) is 14.1. The van der Waals surface area contributed by atoms with Crippen molar-refractivity contribution in [1.29, 1.82) is 0 Å². The Bertz CT molecular complexity index is 646. The van der Waals surface area contributed by atoms with Crippen LogP contribution in [0.2, 0.25) is 0 Å². The number of nitrogens with one attached hydrogen (secondary N) is 3. The van der Waals surface area contributed by atoms with Gasteiger partial charge in [-0.15, -0.1) is 0 Å². The Hall–Kier alpha value is -2.42. The number of halogens is 1. The molecule has 8 nitrogen and oxygen atoms in total. The van der Waals surface area contributed by atoms with Crippen LogP contribution in [0.3, 0.4) is 0 Å². The normalized spacial score (nSPS) is 11.4. The lowest BCUT2D eigenvalue weighted by atomic mass is 10.2. The number of imide groups is 1. The van der Waals surface area contributed by atoms with Gasteiger partial charge >= 0.3 is 12.0 Å². The van der Waals surface area contributed by atoms with E-state index in [1.807, 2.05) is 0 Å². The van der Waals surface area contributed by atoms with Crippen molar-refractivity contribution in [1.82, 2.24) is 16.0 Å². The van der Waals surface area contributed by atoms with E-state index in [0.29, 0.717) is 5.56 Å². The fourth-order valence-electron chi connectivity index (χ4n) is 1.66. The summed E-state index contributed by atoms with van der Waals surface area (Å²) < 4.78 is 5.69. The summed E-state index contributed by atoms with van der Waals surface area (Å²) in [6, 6.07) is 5.76. The number of benzene rings is 1. The van der Waals surface area contributed by atoms with Gasteiger partial charge in [-0.05, 0) is 45.0 Å². The second kappa shape index (κ2) is 9.77. The summed E-state index contributed by atoms with van der Waals surface area (Å²) in [6.45, 7) is 4.40. The van der Waals surface area contributed by atoms with E-state index in [2.05, 4.69) is 31.9 Å². The van der Waals surface area contributed by atoms with Crippen LogP contribution < -0.4 is 16.0 Å². The molecule has 0 bridgehead atoms. The smallest absolute Gasteiger partial charge is 0.326 e. The van der Waals surface area contributed by atoms with Crippen LogP contribution in [0.25, 0.3) is 0 Å². The quantitative estimate of drug-likeness (QED) is 0.608. The number of rotatable bonds is 6. The van der Waals surface area contributed by atoms with Gasteiger partial charge in [-0.2, -0.15) is 0 Å². The van der Waals surface area contributed by atoms with Crippen molar-refractivity contribution in [3.63, 3.8) is 0 Å². The lowest BCUT2D eigenvalue weighted by Gasteiger charge is -2.14. The maximum absolute atomic E-state index is 11.9. The Labute approximate surface area is 153 Å². The molecule has 9 heteroatoms. The summed E-state index contributed by atoms with van der Waals surface area (Å²) in [5.41, 5.74) is 0.382. The van der Waals surface area contributed by atoms with E-state index in [9.17, 15) is 19.2 Å². The molecule has 136 valence electrons. The molecule has 25 heavy (non-hydrogen) atoms. The Morgan fingerprint density at radius 3 is 2.24 bits per heavy atom. The van der Waals surface area contributed by atoms with Gasteiger partial charge < -0.3 is 15.4 Å². The molecule has 1 aromatic carbocycles. The van der Waals surface area contributed by atoms with E-state index in [1.165, 1.54) is 6.92 Å². The molecular formula is C16H20BrN3O5. The predicted octanol–water partition coefficient (Wildman–Crippen LogP) is 1.34. The summed E-state index contributed by atoms with van der Waals surface area (Å²) in [5, 5.41) is 6.92. The van der Waals surface area contributed by atoms with E-state index in [4.69, 9.17) is 4.74 Å². The highest BCUT2D eigenvalue weighted by molar-refractivity contribution is 9.10. The van der Waals surface area contributed by atoms with Gasteiger partial charge in [0.2, 0.25) is 0 Å². The number of amides is 4. The Morgan fingerprint density at radius 2 is 1.68 bits per heavy atom. The lowest BCUT2D eigenvalue weighted by Crippen LogP contribution is -2.47. The molecule has 3 N–H and O–H groups in total. The van der Waals surface area contributed by atoms with Gasteiger partial charge in [-0.1, -0.05) is 15.9 Å². The molecule has 0 aliphatic carbocycles. The standard InChI is InChI=1S/C16H20BrN3O5/c1-9(2)19-16(24)20-14(22)10(3)25-13(21)8-18-15(23)11-4-6-12(17)7-5-11/h4-7,9-10H,8H2,1-3H3,(H,18,23)(H2,19,20,22,24). The molecule has 1 unspecified atom stereocenters. The number of hydrogen-bond donors (Lipinski definition) is 3. The highest BCUT2D eigenvalue weighted by Crippen LogP contribution is 2.10. The maximum Gasteiger partial charge on any atom is 0.326 e. The first-order valence-electron chi connectivity index (χ1n) is 7.53. The summed E-state index contributed by atoms with van der Waals surface area (Å²) in [6.07, 6.45) is -1.17. The first-order chi connectivity index (χ1) is 11.7. The lowest BCUT2D eigenvalue weighted by molar-refractivity contribution is -0.153. The summed E-state index contributed by atoms with van der Waals surface area (Å²) in [5.74, 6) is -2.00. The van der Waals surface area contributed by atoms with E-state index in [0.717, 1.165) is 4.47 Å². The number of ether oxygens (including phenoxy) is 1. The molecule has 0 aliphatic heterocycles. The molecule has 4 amide bonds. The molecule has 0 fully saturated rings. The third-order valence-electron chi connectivity index (χ3n) is 2.83. The Kier molecular flexibility index (Phi) is 8.06. The van der Waals surface area contributed by atoms with Crippen LogP contribution in [-0.2, 0) is 14.3 Å². The molecular weight excluding hydrogens is 394 g/mol. The Balaban J connectivity index is 2.40. The minimum absolute atomic E-state index is 0.139. The predicted molar refractivity (Wildman–Crippen MR) is 93.8 cm³/mol. The minimum Gasteiger partial charge on any atom is -0.451 e. The fraction of sp³-hybridized carbons (Fsp3) is 0.375. The van der Waals surface area contributed by atoms with Crippen LogP contribution in [0.4, 0.5) is 4.79 Å². The molecule has 0 saturated heterocycles. The largest absolute Gasteiger partial charge is 0.451 e. The van der Waals surface area contributed by atoms with E-state index in [1.54, 1.807) is 38.1 Å². The monoisotopic (exact) mass is 413 g/mol. The topological polar surface area (TPSA) is 114 Å². The second-order valence-corrected chi connectivity index (χ2v) is 6.35. The van der Waals surface area contributed by atoms with Crippen LogP contribution in [0.1, 0.15) is 31.1 Å². The number of esters is 1. The molecule has 1 rings (SSSR count). The molecule has 0 saturated carbocycles. The molecule has 0 aromatic heterocycles. The summed E-state index contributed by atoms with van der Waals surface area (Å²) >= 11 is 3.26. The van der Waals surface area contributed by atoms with Crippen LogP contribution in [0.15, 0.2) is 28.7 Å². The third-order valence-corrected chi connectivity index (χ3v) is 3.36. The van der Waals surface area contributed by atoms with Gasteiger partial charge in [0.1, 0.15) is 6.54 Å². The van der Waals surface area contributed by atoms with Gasteiger partial charge in [-0.25, -0.2) is 4.79 Å². The van der Waals surface area contributed by atoms with E-state index < -0.39 is 36.5 Å². The fourth-order valence-corrected chi connectivity index (χ4v) is 1.92. The van der Waals surface area contributed by atoms with Crippen LogP contribution in [-0.4, -0.2) is 42.5 Å². The third kappa shape index (κ3) is 7.79. The van der Waals surface area contributed by atoms with E-state index >= 15 is 0 Å². The van der Waals surface area contributed by atoms with Gasteiger partial charge in [0.15, 0.2) is 6.10 Å². The van der Waals surface area contributed by atoms with Crippen LogP contribution >= 0.6 is 15.9 Å². The van der Waals surface area contributed by atoms with Crippen molar-refractivity contribution in [2.45, 2.75) is 32.9 Å². The Morgan fingerprint density at radius 1 is 1.08 bits per heavy atom. The number of hydrogen-bond acceptors (Lipinski definition) is 5. The molecule has 0 radical (unpaired) electrons. The SMILES string of the molecule is CC(C)NC(=O)NC(=O)C(C)OC(=O)CNC(=O)c1ccc(Br)cc1.